The number of carboxylic acid groups (broad SMARTS) is 2. The molecule has 57 heavy (non-hydrogen) atoms. The van der Waals surface area contributed by atoms with E-state index in [1.54, 1.807) is 0 Å². The number of allylic oxidation sites excluding steroid dienone is 2. The molecular weight excluding hydrogens is 744 g/mol. The fourth-order valence-corrected chi connectivity index (χ4v) is 13.3. The first-order valence-electron chi connectivity index (χ1n) is 20.8. The highest BCUT2D eigenvalue weighted by atomic mass is 16.8. The summed E-state index contributed by atoms with van der Waals surface area (Å²) in [6.45, 7) is 11.3. The Hall–Kier alpha value is -2.02. The zero-order chi connectivity index (χ0) is 41.8. The summed E-state index contributed by atoms with van der Waals surface area (Å²) in [6, 6.07) is 0. The highest BCUT2D eigenvalue weighted by Crippen LogP contribution is 2.75. The van der Waals surface area contributed by atoms with Crippen LogP contribution < -0.4 is 0 Å². The van der Waals surface area contributed by atoms with Crippen molar-refractivity contribution in [3.8, 4) is 0 Å². The van der Waals surface area contributed by atoms with Gasteiger partial charge in [-0.2, -0.15) is 0 Å². The monoisotopic (exact) mass is 808 g/mol. The Morgan fingerprint density at radius 3 is 2.00 bits per heavy atom. The van der Waals surface area contributed by atoms with Crippen LogP contribution in [-0.2, 0) is 28.5 Å². The Bertz CT molecular complexity index is 1630. The smallest absolute Gasteiger partial charge is 0.314 e. The van der Waals surface area contributed by atoms with E-state index < -0.39 is 120 Å². The molecule has 0 aromatic carbocycles. The zero-order valence-electron chi connectivity index (χ0n) is 33.9. The third-order valence-corrected chi connectivity index (χ3v) is 16.7. The van der Waals surface area contributed by atoms with Crippen molar-refractivity contribution in [2.24, 2.45) is 50.7 Å². The molecule has 2 heterocycles. The second-order valence-electron chi connectivity index (χ2n) is 19.5. The predicted molar refractivity (Wildman–Crippen MR) is 200 cm³/mol. The van der Waals surface area contributed by atoms with Gasteiger partial charge in [-0.15, -0.1) is 0 Å². The topological polar surface area (TPSA) is 253 Å². The first-order chi connectivity index (χ1) is 26.7. The number of aliphatic hydroxyl groups is 7. The van der Waals surface area contributed by atoms with Crippen LogP contribution in [0.1, 0.15) is 92.9 Å². The van der Waals surface area contributed by atoms with Gasteiger partial charge < -0.3 is 64.9 Å². The van der Waals surface area contributed by atoms with Crippen molar-refractivity contribution in [3.05, 3.63) is 23.3 Å². The molecule has 0 bridgehead atoms. The van der Waals surface area contributed by atoms with Gasteiger partial charge in [-0.3, -0.25) is 9.59 Å². The average molecular weight is 809 g/mol. The molecule has 0 spiro atoms. The van der Waals surface area contributed by atoms with Crippen molar-refractivity contribution >= 4 is 11.9 Å². The number of aliphatic carboxylic acids is 2. The van der Waals surface area contributed by atoms with Gasteiger partial charge in [0.15, 0.2) is 12.6 Å². The molecule has 5 fully saturated rings. The normalized spacial score (nSPS) is 51.9. The van der Waals surface area contributed by atoms with Crippen molar-refractivity contribution in [2.75, 3.05) is 13.2 Å². The highest BCUT2D eigenvalue weighted by Gasteiger charge is 2.72. The SMILES string of the molecule is C[C@H]1[C@H](C)CC[C@]2(C(=O)O)CC[C@]3(C(=O)O)C(=CC[C@@H]4[C@@]5(C)CC[C@H](O[C@@H]6O[C@H](CO)[C@@H](O)[C@H](O)[C@H]6O[C@@H]6O[C@@H](CO)[C@@H](O)[C@H](O)[C@H]6O)C(C)(C)C5=CC[C@]43C)[C@H]12. The Labute approximate surface area is 333 Å². The van der Waals surface area contributed by atoms with Crippen LogP contribution in [0.2, 0.25) is 0 Å². The molecule has 0 unspecified atom stereocenters. The summed E-state index contributed by atoms with van der Waals surface area (Å²) in [5.74, 6) is -1.91. The van der Waals surface area contributed by atoms with Crippen molar-refractivity contribution in [2.45, 2.75) is 160 Å². The molecule has 2 saturated heterocycles. The molecule has 7 rings (SSSR count). The molecule has 7 aliphatic rings. The first kappa shape index (κ1) is 43.1. The van der Waals surface area contributed by atoms with Crippen molar-refractivity contribution in [1.82, 2.24) is 0 Å². The maximum Gasteiger partial charge on any atom is 0.314 e. The van der Waals surface area contributed by atoms with Gasteiger partial charge in [-0.1, -0.05) is 64.8 Å². The van der Waals surface area contributed by atoms with Gasteiger partial charge in [-0.25, -0.2) is 0 Å². The van der Waals surface area contributed by atoms with Gasteiger partial charge >= 0.3 is 11.9 Å². The standard InChI is InChI=1S/C42H64O15/c1-19-9-14-41(36(50)51)15-16-42(37(52)53)21(27(41)20(19)2)7-8-25-39(5)12-11-26(38(3,4)24(39)10-13-40(25,42)6)56-35-33(31(48)29(46)23(18-44)55-35)57-34-32(49)30(47)28(45)22(17-43)54-34/h7,10,19-20,22-23,25-35,43-49H,8-9,11-18H2,1-6H3,(H,50,51)(H,52,53)/t19-,20+,22+,23-,25-,26+,27+,28-,29-,30+,31+,32-,33-,34+,35+,39+,40-,41+,42-/m1/s1. The van der Waals surface area contributed by atoms with Crippen molar-refractivity contribution in [3.63, 3.8) is 0 Å². The molecule has 15 heteroatoms. The van der Waals surface area contributed by atoms with E-state index >= 15 is 0 Å². The summed E-state index contributed by atoms with van der Waals surface area (Å²) < 4.78 is 24.2. The van der Waals surface area contributed by atoms with E-state index in [9.17, 15) is 55.5 Å². The maximum atomic E-state index is 14.0. The van der Waals surface area contributed by atoms with E-state index in [1.807, 2.05) is 13.8 Å². The number of hydrogen-bond acceptors (Lipinski definition) is 13. The number of fused-ring (bicyclic) bond motifs is 7. The number of rotatable bonds is 8. The van der Waals surface area contributed by atoms with Crippen LogP contribution in [-0.4, -0.2) is 139 Å². The van der Waals surface area contributed by atoms with Crippen molar-refractivity contribution in [1.29, 1.82) is 0 Å². The van der Waals surface area contributed by atoms with E-state index in [1.165, 1.54) is 0 Å². The molecule has 0 amide bonds. The largest absolute Gasteiger partial charge is 0.481 e. The van der Waals surface area contributed by atoms with E-state index in [-0.39, 0.29) is 30.1 Å². The van der Waals surface area contributed by atoms with E-state index in [2.05, 4.69) is 39.8 Å². The van der Waals surface area contributed by atoms with Crippen LogP contribution in [0.5, 0.6) is 0 Å². The minimum absolute atomic E-state index is 0.0117. The van der Waals surface area contributed by atoms with Crippen molar-refractivity contribution < 1.29 is 74.5 Å². The lowest BCUT2D eigenvalue weighted by Crippen LogP contribution is -2.66. The molecule has 5 aliphatic carbocycles. The Morgan fingerprint density at radius 1 is 0.754 bits per heavy atom. The number of aliphatic hydroxyl groups excluding tert-OH is 7. The molecule has 9 N–H and O–H groups in total. The van der Waals surface area contributed by atoms with Crippen LogP contribution in [0.4, 0.5) is 0 Å². The van der Waals surface area contributed by atoms with Gasteiger partial charge in [0.1, 0.15) is 48.8 Å². The number of carboxylic acids is 2. The molecule has 15 nitrogen and oxygen atoms in total. The first-order valence-corrected chi connectivity index (χ1v) is 20.8. The molecular formula is C42H64O15. The number of carbonyl (C=O) groups is 2. The van der Waals surface area contributed by atoms with E-state index in [4.69, 9.17) is 18.9 Å². The van der Waals surface area contributed by atoms with Gasteiger partial charge in [0.05, 0.1) is 30.1 Å². The summed E-state index contributed by atoms with van der Waals surface area (Å²) in [5.41, 5.74) is -2.23. The van der Waals surface area contributed by atoms with Gasteiger partial charge in [0.2, 0.25) is 0 Å². The average Bonchev–Trinajstić information content (AvgIpc) is 3.16. The minimum Gasteiger partial charge on any atom is -0.481 e. The Kier molecular flexibility index (Phi) is 11.2. The highest BCUT2D eigenvalue weighted by molar-refractivity contribution is 5.84. The lowest BCUT2D eigenvalue weighted by molar-refractivity contribution is -0.375. The summed E-state index contributed by atoms with van der Waals surface area (Å²) in [5, 5.41) is 95.5. The fraction of sp³-hybridized carbons (Fsp3) is 0.857. The van der Waals surface area contributed by atoms with Gasteiger partial charge in [0, 0.05) is 5.41 Å². The van der Waals surface area contributed by atoms with Crippen LogP contribution in [0.3, 0.4) is 0 Å². The quantitative estimate of drug-likeness (QED) is 0.158. The minimum atomic E-state index is -1.80. The molecule has 0 radical (unpaired) electrons. The lowest BCUT2D eigenvalue weighted by atomic mass is 9.34. The molecule has 19 atom stereocenters. The van der Waals surface area contributed by atoms with Crippen LogP contribution in [0, 0.1) is 50.7 Å². The summed E-state index contributed by atoms with van der Waals surface area (Å²) in [6.07, 6.45) is -7.94. The van der Waals surface area contributed by atoms with Gasteiger partial charge in [0.25, 0.3) is 0 Å². The van der Waals surface area contributed by atoms with E-state index in [0.717, 1.165) is 17.6 Å². The fourth-order valence-electron chi connectivity index (χ4n) is 13.3. The second-order valence-corrected chi connectivity index (χ2v) is 19.5. The van der Waals surface area contributed by atoms with Crippen LogP contribution >= 0.6 is 0 Å². The Morgan fingerprint density at radius 2 is 1.39 bits per heavy atom. The molecule has 0 aromatic heterocycles. The number of hydrogen-bond donors (Lipinski definition) is 9. The Balaban J connectivity index is 1.20. The summed E-state index contributed by atoms with van der Waals surface area (Å²) in [4.78, 5) is 27.1. The second kappa shape index (κ2) is 14.9. The maximum absolute atomic E-state index is 14.0. The van der Waals surface area contributed by atoms with Crippen LogP contribution in [0.15, 0.2) is 23.3 Å². The predicted octanol–water partition coefficient (Wildman–Crippen LogP) is 1.72. The lowest BCUT2D eigenvalue weighted by Gasteiger charge is -2.68. The third kappa shape index (κ3) is 6.07. The van der Waals surface area contributed by atoms with Gasteiger partial charge in [-0.05, 0) is 85.9 Å². The molecule has 3 saturated carbocycles. The molecule has 0 aromatic rings. The van der Waals surface area contributed by atoms with Crippen LogP contribution in [0.25, 0.3) is 0 Å². The summed E-state index contributed by atoms with van der Waals surface area (Å²) in [7, 11) is 0. The summed E-state index contributed by atoms with van der Waals surface area (Å²) >= 11 is 0. The van der Waals surface area contributed by atoms with E-state index in [0.29, 0.717) is 38.5 Å². The number of ether oxygens (including phenoxy) is 4. The third-order valence-electron chi connectivity index (χ3n) is 16.7. The zero-order valence-corrected chi connectivity index (χ0v) is 33.9. The molecule has 322 valence electrons. The molecule has 2 aliphatic heterocycles.